The number of hydrogen-bond acceptors (Lipinski definition) is 6. The van der Waals surface area contributed by atoms with Crippen LogP contribution in [0, 0.1) is 19.8 Å². The summed E-state index contributed by atoms with van der Waals surface area (Å²) >= 11 is 0. The van der Waals surface area contributed by atoms with E-state index < -0.39 is 16.1 Å². The highest BCUT2D eigenvalue weighted by molar-refractivity contribution is 7.89. The van der Waals surface area contributed by atoms with E-state index in [0.717, 1.165) is 16.7 Å². The Balaban J connectivity index is 1.40. The number of piperidine rings is 1. The van der Waals surface area contributed by atoms with Crippen LogP contribution in [-0.2, 0) is 14.8 Å². The Labute approximate surface area is 206 Å². The molecule has 1 unspecified atom stereocenters. The third-order valence-corrected chi connectivity index (χ3v) is 7.88. The molecule has 2 aromatic carbocycles. The van der Waals surface area contributed by atoms with E-state index in [9.17, 15) is 13.2 Å². The van der Waals surface area contributed by atoms with Gasteiger partial charge in [-0.05, 0) is 56.9 Å². The number of carbonyl (C=O) groups excluding carboxylic acids is 1. The summed E-state index contributed by atoms with van der Waals surface area (Å²) in [5.74, 6) is 0.821. The van der Waals surface area contributed by atoms with Crippen molar-refractivity contribution in [3.05, 3.63) is 65.5 Å². The molecule has 1 amide bonds. The Bertz CT molecular complexity index is 1280. The monoisotopic (exact) mass is 496 g/mol. The van der Waals surface area contributed by atoms with Crippen LogP contribution in [0.3, 0.4) is 0 Å². The zero-order valence-electron chi connectivity index (χ0n) is 20.6. The minimum Gasteiger partial charge on any atom is -0.341 e. The van der Waals surface area contributed by atoms with E-state index in [0.29, 0.717) is 37.6 Å². The minimum atomic E-state index is -3.82. The third kappa shape index (κ3) is 5.79. The fraction of sp³-hybridized carbons (Fsp3) is 0.423. The molecule has 1 atom stereocenters. The van der Waals surface area contributed by atoms with Gasteiger partial charge in [0.25, 0.3) is 5.89 Å². The highest BCUT2D eigenvalue weighted by Gasteiger charge is 2.34. The molecule has 0 saturated carbocycles. The Morgan fingerprint density at radius 3 is 2.37 bits per heavy atom. The molecule has 1 aromatic heterocycles. The van der Waals surface area contributed by atoms with Crippen molar-refractivity contribution in [1.82, 2.24) is 19.8 Å². The molecule has 0 bridgehead atoms. The van der Waals surface area contributed by atoms with Crippen molar-refractivity contribution in [3.8, 4) is 11.5 Å². The highest BCUT2D eigenvalue weighted by Crippen LogP contribution is 2.29. The second kappa shape index (κ2) is 10.3. The van der Waals surface area contributed by atoms with Gasteiger partial charge >= 0.3 is 0 Å². The van der Waals surface area contributed by atoms with E-state index >= 15 is 0 Å². The summed E-state index contributed by atoms with van der Waals surface area (Å²) in [7, 11) is -3.82. The van der Waals surface area contributed by atoms with Gasteiger partial charge in [-0.2, -0.15) is 9.71 Å². The molecule has 2 heterocycles. The molecule has 1 aliphatic rings. The van der Waals surface area contributed by atoms with Crippen LogP contribution in [0.5, 0.6) is 0 Å². The summed E-state index contributed by atoms with van der Waals surface area (Å²) in [5, 5.41) is 4.19. The number of sulfonamides is 1. The number of aromatic nitrogens is 2. The largest absolute Gasteiger partial charge is 0.341 e. The van der Waals surface area contributed by atoms with Crippen molar-refractivity contribution in [2.45, 2.75) is 57.4 Å². The van der Waals surface area contributed by atoms with Gasteiger partial charge in [-0.3, -0.25) is 4.79 Å². The summed E-state index contributed by atoms with van der Waals surface area (Å²) in [6, 6.07) is 13.7. The van der Waals surface area contributed by atoms with Gasteiger partial charge in [0.2, 0.25) is 15.9 Å². The molecule has 3 aromatic rings. The summed E-state index contributed by atoms with van der Waals surface area (Å²) in [6.07, 6.45) is 1.38. The first-order valence-electron chi connectivity index (χ1n) is 11.9. The second-order valence-electron chi connectivity index (χ2n) is 9.58. The predicted molar refractivity (Wildman–Crippen MR) is 133 cm³/mol. The summed E-state index contributed by atoms with van der Waals surface area (Å²) < 4.78 is 34.0. The maximum atomic E-state index is 13.3. The number of amides is 1. The van der Waals surface area contributed by atoms with Crippen LogP contribution < -0.4 is 4.72 Å². The van der Waals surface area contributed by atoms with Crippen molar-refractivity contribution < 1.29 is 17.7 Å². The molecule has 0 radical (unpaired) electrons. The fourth-order valence-corrected chi connectivity index (χ4v) is 5.61. The van der Waals surface area contributed by atoms with Crippen LogP contribution in [0.1, 0.15) is 49.6 Å². The lowest BCUT2D eigenvalue weighted by molar-refractivity contribution is -0.135. The first-order chi connectivity index (χ1) is 16.6. The van der Waals surface area contributed by atoms with Gasteiger partial charge in [0.05, 0.1) is 4.90 Å². The van der Waals surface area contributed by atoms with Crippen molar-refractivity contribution in [1.29, 1.82) is 0 Å². The number of carbonyl (C=O) groups is 1. The maximum Gasteiger partial charge on any atom is 0.257 e. The van der Waals surface area contributed by atoms with Crippen LogP contribution in [0.2, 0.25) is 0 Å². The van der Waals surface area contributed by atoms with E-state index in [1.54, 1.807) is 29.2 Å². The molecule has 4 rings (SSSR count). The third-order valence-electron chi connectivity index (χ3n) is 6.42. The van der Waals surface area contributed by atoms with E-state index in [2.05, 4.69) is 14.9 Å². The number of nitrogens with one attached hydrogen (secondary N) is 1. The fourth-order valence-electron chi connectivity index (χ4n) is 4.28. The molecule has 1 fully saturated rings. The number of nitrogens with zero attached hydrogens (tertiary/aromatic N) is 3. The Hall–Kier alpha value is -3.04. The van der Waals surface area contributed by atoms with Crippen LogP contribution in [-0.4, -0.2) is 48.5 Å². The van der Waals surface area contributed by atoms with E-state index in [4.69, 9.17) is 4.52 Å². The van der Waals surface area contributed by atoms with Gasteiger partial charge in [-0.25, -0.2) is 8.42 Å². The maximum absolute atomic E-state index is 13.3. The predicted octanol–water partition coefficient (Wildman–Crippen LogP) is 4.06. The lowest BCUT2D eigenvalue weighted by atomic mass is 9.94. The van der Waals surface area contributed by atoms with Gasteiger partial charge in [-0.15, -0.1) is 0 Å². The normalized spacial score (nSPS) is 16.0. The average Bonchev–Trinajstić information content (AvgIpc) is 3.33. The van der Waals surface area contributed by atoms with Crippen LogP contribution >= 0.6 is 0 Å². The summed E-state index contributed by atoms with van der Waals surface area (Å²) in [5.41, 5.74) is 2.97. The molecular formula is C26H32N4O4S. The van der Waals surface area contributed by atoms with Gasteiger partial charge in [0.15, 0.2) is 5.82 Å². The number of aryl methyl sites for hydroxylation is 2. The minimum absolute atomic E-state index is 0.0862. The molecule has 8 nitrogen and oxygen atoms in total. The molecule has 186 valence electrons. The molecule has 1 saturated heterocycles. The molecule has 1 aliphatic heterocycles. The molecular weight excluding hydrogens is 464 g/mol. The topological polar surface area (TPSA) is 105 Å². The lowest BCUT2D eigenvalue weighted by Crippen LogP contribution is -2.52. The highest BCUT2D eigenvalue weighted by atomic mass is 32.2. The number of benzene rings is 2. The number of hydrogen-bond donors (Lipinski definition) is 1. The second-order valence-corrected chi connectivity index (χ2v) is 11.3. The first kappa shape index (κ1) is 25.1. The molecule has 35 heavy (non-hydrogen) atoms. The smallest absolute Gasteiger partial charge is 0.257 e. The van der Waals surface area contributed by atoms with Crippen molar-refractivity contribution in [2.24, 2.45) is 5.92 Å². The molecule has 9 heteroatoms. The van der Waals surface area contributed by atoms with Crippen molar-refractivity contribution in [3.63, 3.8) is 0 Å². The quantitative estimate of drug-likeness (QED) is 0.529. The van der Waals surface area contributed by atoms with E-state index in [-0.39, 0.29) is 22.6 Å². The summed E-state index contributed by atoms with van der Waals surface area (Å²) in [4.78, 5) is 19.8. The average molecular weight is 497 g/mol. The standard InChI is InChI=1S/C26H32N4O4S/c1-17(2)23(29-35(32,33)22-10-8-18(3)9-11-22)26(31)30-14-12-20(13-15-30)24-27-25(34-28-24)21-7-5-6-19(4)16-21/h5-11,16-17,20,23,29H,12-15H2,1-4H3. The lowest BCUT2D eigenvalue weighted by Gasteiger charge is -2.34. The van der Waals surface area contributed by atoms with Gasteiger partial charge in [-0.1, -0.05) is 54.4 Å². The van der Waals surface area contributed by atoms with Crippen LogP contribution in [0.4, 0.5) is 0 Å². The zero-order chi connectivity index (χ0) is 25.2. The van der Waals surface area contributed by atoms with E-state index in [1.807, 2.05) is 52.0 Å². The van der Waals surface area contributed by atoms with Gasteiger partial charge in [0.1, 0.15) is 6.04 Å². The Morgan fingerprint density at radius 1 is 1.06 bits per heavy atom. The molecule has 1 N–H and O–H groups in total. The summed E-state index contributed by atoms with van der Waals surface area (Å²) in [6.45, 7) is 8.61. The molecule has 0 spiro atoms. The SMILES string of the molecule is Cc1ccc(S(=O)(=O)NC(C(=O)N2CCC(c3noc(-c4cccc(C)c4)n3)CC2)C(C)C)cc1. The number of rotatable bonds is 7. The first-order valence-corrected chi connectivity index (χ1v) is 13.4. The van der Waals surface area contributed by atoms with Gasteiger partial charge in [0, 0.05) is 24.6 Å². The molecule has 0 aliphatic carbocycles. The van der Waals surface area contributed by atoms with E-state index in [1.165, 1.54) is 0 Å². The van der Waals surface area contributed by atoms with Gasteiger partial charge < -0.3 is 9.42 Å². The van der Waals surface area contributed by atoms with Crippen molar-refractivity contribution in [2.75, 3.05) is 13.1 Å². The van der Waals surface area contributed by atoms with Crippen molar-refractivity contribution >= 4 is 15.9 Å². The Morgan fingerprint density at radius 2 is 1.74 bits per heavy atom. The van der Waals surface area contributed by atoms with Crippen LogP contribution in [0.25, 0.3) is 11.5 Å². The number of likely N-dealkylation sites (tertiary alicyclic amines) is 1. The Kier molecular flexibility index (Phi) is 7.37. The van der Waals surface area contributed by atoms with Crippen LogP contribution in [0.15, 0.2) is 57.9 Å². The zero-order valence-corrected chi connectivity index (χ0v) is 21.4.